The Kier molecular flexibility index (Phi) is 3.49. The predicted octanol–water partition coefficient (Wildman–Crippen LogP) is 1.11. The maximum absolute atomic E-state index is 10.7. The molecule has 17 heavy (non-hydrogen) atoms. The van der Waals surface area contributed by atoms with Crippen molar-refractivity contribution in [1.82, 2.24) is 9.80 Å². The average molecular weight is 238 g/mol. The van der Waals surface area contributed by atoms with Gasteiger partial charge in [0, 0.05) is 25.7 Å². The van der Waals surface area contributed by atoms with Crippen LogP contribution in [-0.4, -0.2) is 53.6 Å². The zero-order chi connectivity index (χ0) is 12.4. The molecular weight excluding hydrogens is 220 g/mol. The van der Waals surface area contributed by atoms with E-state index < -0.39 is 5.97 Å². The van der Waals surface area contributed by atoms with Crippen molar-refractivity contribution in [3.63, 3.8) is 0 Å². The quantitative estimate of drug-likeness (QED) is 0.855. The molecule has 5 heteroatoms. The van der Waals surface area contributed by atoms with Crippen molar-refractivity contribution < 1.29 is 14.3 Å². The number of hydrogen-bond donors (Lipinski definition) is 1. The number of furan rings is 1. The monoisotopic (exact) mass is 238 g/mol. The van der Waals surface area contributed by atoms with Crippen molar-refractivity contribution in [3.05, 3.63) is 23.7 Å². The lowest BCUT2D eigenvalue weighted by Crippen LogP contribution is -2.49. The zero-order valence-corrected chi connectivity index (χ0v) is 10.2. The van der Waals surface area contributed by atoms with Gasteiger partial charge in [-0.25, -0.2) is 4.79 Å². The van der Waals surface area contributed by atoms with Gasteiger partial charge in [-0.1, -0.05) is 0 Å². The second-order valence-corrected chi connectivity index (χ2v) is 4.65. The highest BCUT2D eigenvalue weighted by Gasteiger charge is 2.22. The number of rotatable bonds is 3. The van der Waals surface area contributed by atoms with Gasteiger partial charge >= 0.3 is 5.97 Å². The number of nitrogens with zero attached hydrogens (tertiary/aromatic N) is 2. The summed E-state index contributed by atoms with van der Waals surface area (Å²) in [7, 11) is 2.11. The van der Waals surface area contributed by atoms with Crippen LogP contribution in [0.3, 0.4) is 0 Å². The molecular formula is C12H18N2O3. The van der Waals surface area contributed by atoms with Crippen LogP contribution in [0.1, 0.15) is 23.2 Å². The number of hydrogen-bond acceptors (Lipinski definition) is 4. The summed E-state index contributed by atoms with van der Waals surface area (Å²) in [5, 5.41) is 8.78. The third-order valence-electron chi connectivity index (χ3n) is 3.20. The maximum Gasteiger partial charge on any atom is 0.371 e. The lowest BCUT2D eigenvalue weighted by Gasteiger charge is -2.37. The standard InChI is InChI=1S/C12H18N2O3/c1-9-7-13(2)5-6-14(9)8-10-3-4-11(17-10)12(15)16/h3-4,9H,5-8H2,1-2H3,(H,15,16). The molecule has 0 radical (unpaired) electrons. The third kappa shape index (κ3) is 2.87. The Balaban J connectivity index is 1.98. The van der Waals surface area contributed by atoms with E-state index in [-0.39, 0.29) is 5.76 Å². The van der Waals surface area contributed by atoms with Gasteiger partial charge in [0.25, 0.3) is 0 Å². The summed E-state index contributed by atoms with van der Waals surface area (Å²) in [4.78, 5) is 15.3. The molecule has 94 valence electrons. The molecule has 1 fully saturated rings. The molecule has 2 heterocycles. The van der Waals surface area contributed by atoms with Crippen molar-refractivity contribution in [3.8, 4) is 0 Å². The summed E-state index contributed by atoms with van der Waals surface area (Å²) >= 11 is 0. The topological polar surface area (TPSA) is 56.9 Å². The summed E-state index contributed by atoms with van der Waals surface area (Å²) in [5.41, 5.74) is 0. The zero-order valence-electron chi connectivity index (χ0n) is 10.2. The molecule has 1 unspecified atom stereocenters. The molecule has 0 saturated carbocycles. The third-order valence-corrected chi connectivity index (χ3v) is 3.20. The highest BCUT2D eigenvalue weighted by Crippen LogP contribution is 2.15. The van der Waals surface area contributed by atoms with E-state index in [1.54, 1.807) is 6.07 Å². The lowest BCUT2D eigenvalue weighted by molar-refractivity contribution is 0.0648. The van der Waals surface area contributed by atoms with E-state index in [0.29, 0.717) is 12.6 Å². The second-order valence-electron chi connectivity index (χ2n) is 4.65. The lowest BCUT2D eigenvalue weighted by atomic mass is 10.2. The van der Waals surface area contributed by atoms with E-state index in [1.807, 2.05) is 0 Å². The summed E-state index contributed by atoms with van der Waals surface area (Å²) in [6, 6.07) is 3.72. The van der Waals surface area contributed by atoms with Gasteiger partial charge in [0.1, 0.15) is 5.76 Å². The van der Waals surface area contributed by atoms with Crippen LogP contribution in [0.5, 0.6) is 0 Å². The molecule has 1 aliphatic heterocycles. The molecule has 1 aliphatic rings. The van der Waals surface area contributed by atoms with E-state index >= 15 is 0 Å². The predicted molar refractivity (Wildman–Crippen MR) is 63.0 cm³/mol. The SMILES string of the molecule is CC1CN(C)CCN1Cc1ccc(C(=O)O)o1. The van der Waals surface area contributed by atoms with Crippen molar-refractivity contribution in [2.75, 3.05) is 26.7 Å². The molecule has 2 rings (SSSR count). The minimum Gasteiger partial charge on any atom is -0.475 e. The molecule has 0 amide bonds. The van der Waals surface area contributed by atoms with Gasteiger partial charge in [0.2, 0.25) is 5.76 Å². The van der Waals surface area contributed by atoms with E-state index in [9.17, 15) is 4.79 Å². The number of carboxylic acids is 1. The van der Waals surface area contributed by atoms with Crippen LogP contribution in [0.4, 0.5) is 0 Å². The van der Waals surface area contributed by atoms with Crippen molar-refractivity contribution in [2.24, 2.45) is 0 Å². The molecule has 0 aliphatic carbocycles. The van der Waals surface area contributed by atoms with Gasteiger partial charge < -0.3 is 14.4 Å². The molecule has 1 saturated heterocycles. The van der Waals surface area contributed by atoms with E-state index in [4.69, 9.17) is 9.52 Å². The van der Waals surface area contributed by atoms with Crippen LogP contribution >= 0.6 is 0 Å². The first-order valence-electron chi connectivity index (χ1n) is 5.81. The number of piperazine rings is 1. The summed E-state index contributed by atoms with van der Waals surface area (Å²) < 4.78 is 5.27. The Morgan fingerprint density at radius 3 is 2.88 bits per heavy atom. The van der Waals surface area contributed by atoms with E-state index in [1.165, 1.54) is 6.07 Å². The van der Waals surface area contributed by atoms with Crippen LogP contribution in [-0.2, 0) is 6.54 Å². The van der Waals surface area contributed by atoms with Gasteiger partial charge in [-0.15, -0.1) is 0 Å². The Hall–Kier alpha value is -1.33. The summed E-state index contributed by atoms with van der Waals surface area (Å²) in [5.74, 6) is -0.275. The summed E-state index contributed by atoms with van der Waals surface area (Å²) in [6.07, 6.45) is 0. The van der Waals surface area contributed by atoms with Gasteiger partial charge in [0.15, 0.2) is 0 Å². The molecule has 1 N–H and O–H groups in total. The van der Waals surface area contributed by atoms with Crippen molar-refractivity contribution in [1.29, 1.82) is 0 Å². The highest BCUT2D eigenvalue weighted by molar-refractivity contribution is 5.84. The van der Waals surface area contributed by atoms with E-state index in [0.717, 1.165) is 25.4 Å². The van der Waals surface area contributed by atoms with Gasteiger partial charge in [0.05, 0.1) is 6.54 Å². The molecule has 0 aromatic carbocycles. The summed E-state index contributed by atoms with van der Waals surface area (Å²) in [6.45, 7) is 5.92. The number of carboxylic acid groups (broad SMARTS) is 1. The minimum atomic E-state index is -1.01. The molecule has 0 bridgehead atoms. The average Bonchev–Trinajstić information content (AvgIpc) is 2.71. The smallest absolute Gasteiger partial charge is 0.371 e. The highest BCUT2D eigenvalue weighted by atomic mass is 16.4. The number of likely N-dealkylation sites (N-methyl/N-ethyl adjacent to an activating group) is 1. The first-order chi connectivity index (χ1) is 8.06. The Morgan fingerprint density at radius 2 is 2.29 bits per heavy atom. The van der Waals surface area contributed by atoms with Crippen molar-refractivity contribution in [2.45, 2.75) is 19.5 Å². The van der Waals surface area contributed by atoms with Gasteiger partial charge in [-0.2, -0.15) is 0 Å². The molecule has 0 spiro atoms. The van der Waals surface area contributed by atoms with Crippen LogP contribution in [0.25, 0.3) is 0 Å². The van der Waals surface area contributed by atoms with Gasteiger partial charge in [-0.05, 0) is 26.1 Å². The Morgan fingerprint density at radius 1 is 1.53 bits per heavy atom. The number of carbonyl (C=O) groups is 1. The Labute approximate surface area is 101 Å². The minimum absolute atomic E-state index is 0.0155. The van der Waals surface area contributed by atoms with Crippen LogP contribution in [0, 0.1) is 0 Å². The molecule has 1 aromatic rings. The Bertz CT molecular complexity index is 402. The second kappa shape index (κ2) is 4.89. The fourth-order valence-corrected chi connectivity index (χ4v) is 2.19. The van der Waals surface area contributed by atoms with Crippen LogP contribution in [0.2, 0.25) is 0 Å². The normalized spacial score (nSPS) is 22.8. The van der Waals surface area contributed by atoms with Gasteiger partial charge in [-0.3, -0.25) is 4.90 Å². The van der Waals surface area contributed by atoms with Crippen LogP contribution < -0.4 is 0 Å². The van der Waals surface area contributed by atoms with Crippen molar-refractivity contribution >= 4 is 5.97 Å². The first kappa shape index (κ1) is 12.1. The first-order valence-corrected chi connectivity index (χ1v) is 5.81. The molecule has 1 aromatic heterocycles. The number of aromatic carboxylic acids is 1. The maximum atomic E-state index is 10.7. The van der Waals surface area contributed by atoms with Crippen LogP contribution in [0.15, 0.2) is 16.5 Å². The largest absolute Gasteiger partial charge is 0.475 e. The molecule has 5 nitrogen and oxygen atoms in total. The fraction of sp³-hybridized carbons (Fsp3) is 0.583. The fourth-order valence-electron chi connectivity index (χ4n) is 2.19. The molecule has 1 atom stereocenters. The van der Waals surface area contributed by atoms with E-state index in [2.05, 4.69) is 23.8 Å².